The molecule has 2 aromatic carbocycles. The van der Waals surface area contributed by atoms with Crippen LogP contribution in [0.1, 0.15) is 22.8 Å². The average Bonchev–Trinajstić information content (AvgIpc) is 2.60. The van der Waals surface area contributed by atoms with Crippen LogP contribution >= 0.6 is 0 Å². The number of methoxy groups -OCH3 is 1. The molecule has 2 aromatic rings. The molecular weight excluding hydrogens is 341 g/mol. The SMILES string of the molecule is COc1ccc(CC(=O)OCC(=O)Nc2ccccc2C(C)=O)cc1F. The molecule has 0 aliphatic heterocycles. The Bertz CT molecular complexity index is 834. The van der Waals surface area contributed by atoms with Crippen molar-refractivity contribution in [2.45, 2.75) is 13.3 Å². The Balaban J connectivity index is 1.88. The molecule has 0 fully saturated rings. The molecule has 0 spiro atoms. The quantitative estimate of drug-likeness (QED) is 0.607. The van der Waals surface area contributed by atoms with Crippen LogP contribution < -0.4 is 10.1 Å². The van der Waals surface area contributed by atoms with Crippen LogP contribution in [0.4, 0.5) is 10.1 Å². The molecule has 0 radical (unpaired) electrons. The first kappa shape index (κ1) is 19.1. The van der Waals surface area contributed by atoms with Crippen molar-refractivity contribution >= 4 is 23.3 Å². The highest BCUT2D eigenvalue weighted by atomic mass is 19.1. The minimum Gasteiger partial charge on any atom is -0.494 e. The van der Waals surface area contributed by atoms with Crippen LogP contribution in [0.2, 0.25) is 0 Å². The molecule has 0 aliphatic rings. The van der Waals surface area contributed by atoms with Gasteiger partial charge in [-0.25, -0.2) is 4.39 Å². The van der Waals surface area contributed by atoms with Crippen LogP contribution in [0.3, 0.4) is 0 Å². The zero-order valence-electron chi connectivity index (χ0n) is 14.4. The lowest BCUT2D eigenvalue weighted by Crippen LogP contribution is -2.22. The van der Waals surface area contributed by atoms with Crippen molar-refractivity contribution in [3.05, 3.63) is 59.4 Å². The number of benzene rings is 2. The maximum Gasteiger partial charge on any atom is 0.310 e. The summed E-state index contributed by atoms with van der Waals surface area (Å²) < 4.78 is 23.3. The summed E-state index contributed by atoms with van der Waals surface area (Å²) in [5, 5.41) is 2.52. The van der Waals surface area contributed by atoms with E-state index in [-0.39, 0.29) is 18.0 Å². The maximum absolute atomic E-state index is 13.6. The van der Waals surface area contributed by atoms with Gasteiger partial charge in [0.05, 0.1) is 19.2 Å². The number of esters is 1. The highest BCUT2D eigenvalue weighted by molar-refractivity contribution is 6.04. The number of anilines is 1. The summed E-state index contributed by atoms with van der Waals surface area (Å²) in [7, 11) is 1.34. The third kappa shape index (κ3) is 5.14. The molecule has 1 N–H and O–H groups in total. The number of carbonyl (C=O) groups excluding carboxylic acids is 3. The highest BCUT2D eigenvalue weighted by Gasteiger charge is 2.13. The fourth-order valence-electron chi connectivity index (χ4n) is 2.27. The monoisotopic (exact) mass is 359 g/mol. The summed E-state index contributed by atoms with van der Waals surface area (Å²) in [6.45, 7) is 0.878. The van der Waals surface area contributed by atoms with Crippen LogP contribution in [-0.2, 0) is 20.7 Å². The number of halogens is 1. The minimum atomic E-state index is -0.676. The molecule has 0 saturated carbocycles. The van der Waals surface area contributed by atoms with E-state index >= 15 is 0 Å². The lowest BCUT2D eigenvalue weighted by molar-refractivity contribution is -0.146. The molecule has 0 aliphatic carbocycles. The molecule has 0 atom stereocenters. The van der Waals surface area contributed by atoms with E-state index in [2.05, 4.69) is 5.32 Å². The van der Waals surface area contributed by atoms with Gasteiger partial charge in [-0.05, 0) is 36.8 Å². The molecule has 26 heavy (non-hydrogen) atoms. The number of carbonyl (C=O) groups is 3. The number of Topliss-reactive ketones (excluding diaryl/α,β-unsaturated/α-hetero) is 1. The molecule has 0 heterocycles. The Kier molecular flexibility index (Phi) is 6.43. The highest BCUT2D eigenvalue weighted by Crippen LogP contribution is 2.18. The Morgan fingerprint density at radius 3 is 2.50 bits per heavy atom. The number of rotatable bonds is 7. The largest absolute Gasteiger partial charge is 0.494 e. The van der Waals surface area contributed by atoms with Crippen molar-refractivity contribution in [3.8, 4) is 5.75 Å². The van der Waals surface area contributed by atoms with Crippen LogP contribution in [0.25, 0.3) is 0 Å². The number of hydrogen-bond donors (Lipinski definition) is 1. The third-order valence-corrected chi connectivity index (χ3v) is 3.51. The standard InChI is InChI=1S/C19H18FNO5/c1-12(22)14-5-3-4-6-16(14)21-18(23)11-26-19(24)10-13-7-8-17(25-2)15(20)9-13/h3-9H,10-11H2,1-2H3,(H,21,23). The Morgan fingerprint density at radius 1 is 1.12 bits per heavy atom. The van der Waals surface area contributed by atoms with E-state index in [1.807, 2.05) is 0 Å². The second kappa shape index (κ2) is 8.75. The molecular formula is C19H18FNO5. The van der Waals surface area contributed by atoms with Crippen molar-refractivity contribution in [1.29, 1.82) is 0 Å². The summed E-state index contributed by atoms with van der Waals surface area (Å²) in [6.07, 6.45) is -0.182. The van der Waals surface area contributed by atoms with Gasteiger partial charge in [-0.2, -0.15) is 0 Å². The smallest absolute Gasteiger partial charge is 0.310 e. The lowest BCUT2D eigenvalue weighted by Gasteiger charge is -2.10. The average molecular weight is 359 g/mol. The van der Waals surface area contributed by atoms with Crippen LogP contribution in [0, 0.1) is 5.82 Å². The van der Waals surface area contributed by atoms with Gasteiger partial charge >= 0.3 is 5.97 Å². The zero-order valence-corrected chi connectivity index (χ0v) is 14.4. The summed E-state index contributed by atoms with van der Waals surface area (Å²) in [5.41, 5.74) is 1.11. The summed E-state index contributed by atoms with van der Waals surface area (Å²) >= 11 is 0. The van der Waals surface area contributed by atoms with E-state index in [4.69, 9.17) is 9.47 Å². The van der Waals surface area contributed by atoms with Crippen LogP contribution in [-0.4, -0.2) is 31.4 Å². The first-order chi connectivity index (χ1) is 12.4. The van der Waals surface area contributed by atoms with Crippen molar-refractivity contribution in [1.82, 2.24) is 0 Å². The van der Waals surface area contributed by atoms with E-state index in [9.17, 15) is 18.8 Å². The number of amides is 1. The fourth-order valence-corrected chi connectivity index (χ4v) is 2.27. The summed E-state index contributed by atoms with van der Waals surface area (Å²) in [5.74, 6) is -1.96. The Morgan fingerprint density at radius 2 is 1.85 bits per heavy atom. The summed E-state index contributed by atoms with van der Waals surface area (Å²) in [6, 6.07) is 10.6. The maximum atomic E-state index is 13.6. The third-order valence-electron chi connectivity index (χ3n) is 3.51. The molecule has 0 unspecified atom stereocenters. The minimum absolute atomic E-state index is 0.0747. The molecule has 0 aromatic heterocycles. The van der Waals surface area contributed by atoms with E-state index in [1.54, 1.807) is 24.3 Å². The predicted octanol–water partition coefficient (Wildman–Crippen LogP) is 2.76. The molecule has 1 amide bonds. The van der Waals surface area contributed by atoms with Crippen molar-refractivity contribution in [2.24, 2.45) is 0 Å². The fraction of sp³-hybridized carbons (Fsp3) is 0.211. The van der Waals surface area contributed by atoms with Gasteiger partial charge in [0.1, 0.15) is 0 Å². The summed E-state index contributed by atoms with van der Waals surface area (Å²) in [4.78, 5) is 35.2. The molecule has 0 saturated heterocycles. The zero-order chi connectivity index (χ0) is 19.1. The van der Waals surface area contributed by atoms with Gasteiger partial charge in [0.2, 0.25) is 0 Å². The number of ether oxygens (including phenoxy) is 2. The van der Waals surface area contributed by atoms with Gasteiger partial charge in [0, 0.05) is 5.56 Å². The molecule has 0 bridgehead atoms. The van der Waals surface area contributed by atoms with Crippen molar-refractivity contribution < 1.29 is 28.2 Å². The number of para-hydroxylation sites is 1. The van der Waals surface area contributed by atoms with Gasteiger partial charge in [-0.1, -0.05) is 18.2 Å². The van der Waals surface area contributed by atoms with Crippen LogP contribution in [0.5, 0.6) is 5.75 Å². The second-order valence-corrected chi connectivity index (χ2v) is 5.46. The van der Waals surface area contributed by atoms with Gasteiger partial charge in [-0.3, -0.25) is 14.4 Å². The number of ketones is 1. The Labute approximate surface area is 149 Å². The molecule has 2 rings (SSSR count). The predicted molar refractivity (Wildman–Crippen MR) is 92.7 cm³/mol. The molecule has 6 nitrogen and oxygen atoms in total. The van der Waals surface area contributed by atoms with E-state index in [0.717, 1.165) is 0 Å². The molecule has 7 heteroatoms. The van der Waals surface area contributed by atoms with Crippen molar-refractivity contribution in [3.63, 3.8) is 0 Å². The number of nitrogens with one attached hydrogen (secondary N) is 1. The lowest BCUT2D eigenvalue weighted by atomic mass is 10.1. The second-order valence-electron chi connectivity index (χ2n) is 5.46. The van der Waals surface area contributed by atoms with Crippen molar-refractivity contribution in [2.75, 3.05) is 19.0 Å². The van der Waals surface area contributed by atoms with E-state index in [1.165, 1.54) is 32.2 Å². The van der Waals surface area contributed by atoms with E-state index in [0.29, 0.717) is 16.8 Å². The first-order valence-electron chi connectivity index (χ1n) is 7.78. The van der Waals surface area contributed by atoms with Gasteiger partial charge in [-0.15, -0.1) is 0 Å². The van der Waals surface area contributed by atoms with E-state index < -0.39 is 24.3 Å². The van der Waals surface area contributed by atoms with Crippen LogP contribution in [0.15, 0.2) is 42.5 Å². The molecule has 136 valence electrons. The van der Waals surface area contributed by atoms with Gasteiger partial charge in [0.25, 0.3) is 5.91 Å². The normalized spacial score (nSPS) is 10.1. The Hall–Kier alpha value is -3.22. The number of hydrogen-bond acceptors (Lipinski definition) is 5. The van der Waals surface area contributed by atoms with Gasteiger partial charge in [0.15, 0.2) is 24.0 Å². The van der Waals surface area contributed by atoms with Gasteiger partial charge < -0.3 is 14.8 Å². The first-order valence-corrected chi connectivity index (χ1v) is 7.78. The topological polar surface area (TPSA) is 81.7 Å².